The van der Waals surface area contributed by atoms with Crippen LogP contribution in [0.4, 0.5) is 0 Å². The van der Waals surface area contributed by atoms with Gasteiger partial charge in [0.25, 0.3) is 0 Å². The third kappa shape index (κ3) is 2.49. The van der Waals surface area contributed by atoms with Gasteiger partial charge < -0.3 is 0 Å². The standard InChI is InChI=1S/C22H18.C2H6/c1-4-16-10-12-20-19-11-6-14(2)5-8-17(19)13-18-9-7-15(3)21(16)22(18)20;1-2/h4-14H,1,3H2,2H3;1-2H3. The van der Waals surface area contributed by atoms with Gasteiger partial charge in [0.1, 0.15) is 0 Å². The first-order valence-electron chi connectivity index (χ1n) is 8.69. The predicted molar refractivity (Wildman–Crippen MR) is 111 cm³/mol. The van der Waals surface area contributed by atoms with Gasteiger partial charge in [-0.3, -0.25) is 0 Å². The van der Waals surface area contributed by atoms with Gasteiger partial charge in [0.2, 0.25) is 0 Å². The first-order chi connectivity index (χ1) is 11.7. The zero-order valence-electron chi connectivity index (χ0n) is 14.8. The second-order valence-electron chi connectivity index (χ2n) is 6.06. The molecule has 0 radical (unpaired) electrons. The van der Waals surface area contributed by atoms with Gasteiger partial charge in [0.15, 0.2) is 0 Å². The van der Waals surface area contributed by atoms with Gasteiger partial charge in [-0.1, -0.05) is 88.6 Å². The summed E-state index contributed by atoms with van der Waals surface area (Å²) in [6, 6.07) is 11.0. The molecule has 3 aromatic rings. The summed E-state index contributed by atoms with van der Waals surface area (Å²) in [4.78, 5) is 0. The van der Waals surface area contributed by atoms with Gasteiger partial charge in [0.05, 0.1) is 0 Å². The summed E-state index contributed by atoms with van der Waals surface area (Å²) in [6.07, 6.45) is 10.9. The van der Waals surface area contributed by atoms with Crippen molar-refractivity contribution in [2.24, 2.45) is 5.92 Å². The molecule has 0 bridgehead atoms. The molecule has 0 heterocycles. The van der Waals surface area contributed by atoms with Crippen LogP contribution in [0.15, 0.2) is 49.1 Å². The quantitative estimate of drug-likeness (QED) is 0.483. The fourth-order valence-electron chi connectivity index (χ4n) is 3.43. The molecule has 0 saturated carbocycles. The highest BCUT2D eigenvalue weighted by Crippen LogP contribution is 2.35. The Balaban J connectivity index is 0.000000815. The number of benzene rings is 3. The topological polar surface area (TPSA) is 0 Å². The normalized spacial score (nSPS) is 15.7. The van der Waals surface area contributed by atoms with Gasteiger partial charge in [0, 0.05) is 0 Å². The van der Waals surface area contributed by atoms with Gasteiger partial charge in [-0.2, -0.15) is 0 Å². The zero-order valence-corrected chi connectivity index (χ0v) is 14.8. The van der Waals surface area contributed by atoms with E-state index >= 15 is 0 Å². The Bertz CT molecular complexity index is 1020. The molecule has 0 fully saturated rings. The maximum Gasteiger partial charge on any atom is -0.00206 e. The molecule has 4 rings (SSSR count). The second kappa shape index (κ2) is 6.49. The summed E-state index contributed by atoms with van der Waals surface area (Å²) in [5, 5.41) is 6.16. The molecule has 120 valence electrons. The number of fused-ring (bicyclic) bond motifs is 2. The van der Waals surface area contributed by atoms with Crippen LogP contribution in [0.5, 0.6) is 0 Å². The van der Waals surface area contributed by atoms with Crippen LogP contribution in [0.1, 0.15) is 37.5 Å². The van der Waals surface area contributed by atoms with E-state index in [2.05, 4.69) is 74.7 Å². The van der Waals surface area contributed by atoms with Crippen LogP contribution in [0, 0.1) is 5.92 Å². The summed E-state index contributed by atoms with van der Waals surface area (Å²) in [5.74, 6) is 0.466. The molecule has 24 heavy (non-hydrogen) atoms. The molecule has 0 saturated heterocycles. The van der Waals surface area contributed by atoms with Gasteiger partial charge in [-0.05, 0) is 55.4 Å². The summed E-state index contributed by atoms with van der Waals surface area (Å²) in [5.41, 5.74) is 3.75. The molecule has 1 unspecified atom stereocenters. The Morgan fingerprint density at radius 3 is 2.46 bits per heavy atom. The molecule has 1 aliphatic carbocycles. The van der Waals surface area contributed by atoms with Crippen LogP contribution in [-0.4, -0.2) is 0 Å². The lowest BCUT2D eigenvalue weighted by molar-refractivity contribution is 0.954. The summed E-state index contributed by atoms with van der Waals surface area (Å²) < 4.78 is 0. The third-order valence-electron chi connectivity index (χ3n) is 4.59. The van der Waals surface area contributed by atoms with E-state index in [-0.39, 0.29) is 0 Å². The van der Waals surface area contributed by atoms with E-state index in [9.17, 15) is 0 Å². The lowest BCUT2D eigenvalue weighted by Gasteiger charge is -2.14. The van der Waals surface area contributed by atoms with Crippen molar-refractivity contribution in [2.45, 2.75) is 20.8 Å². The molecule has 0 spiro atoms. The number of rotatable bonds is 1. The Hall–Kier alpha value is -2.60. The van der Waals surface area contributed by atoms with Gasteiger partial charge >= 0.3 is 0 Å². The van der Waals surface area contributed by atoms with Gasteiger partial charge in [-0.25, -0.2) is 0 Å². The first kappa shape index (κ1) is 16.3. The van der Waals surface area contributed by atoms with Crippen molar-refractivity contribution in [1.29, 1.82) is 0 Å². The molecule has 0 aromatic heterocycles. The summed E-state index contributed by atoms with van der Waals surface area (Å²) in [7, 11) is 0. The largest absolute Gasteiger partial charge is 0.0984 e. The number of hydrogen-bond acceptors (Lipinski definition) is 0. The fraction of sp³-hybridized carbons (Fsp3) is 0.167. The average molecular weight is 312 g/mol. The minimum atomic E-state index is 0.466. The van der Waals surface area contributed by atoms with Crippen molar-refractivity contribution in [2.75, 3.05) is 0 Å². The molecular weight excluding hydrogens is 288 g/mol. The van der Waals surface area contributed by atoms with Crippen molar-refractivity contribution in [3.63, 3.8) is 0 Å². The zero-order chi connectivity index (χ0) is 17.3. The van der Waals surface area contributed by atoms with Crippen molar-refractivity contribution < 1.29 is 0 Å². The SMILES string of the molecule is C=Cc1ccc2c3c(cc4ccc(=C)c1c42)C=CC(C)C=C3.CC. The minimum absolute atomic E-state index is 0.466. The van der Waals surface area contributed by atoms with Gasteiger partial charge in [-0.15, -0.1) is 0 Å². The minimum Gasteiger partial charge on any atom is -0.0984 e. The molecule has 0 amide bonds. The monoisotopic (exact) mass is 312 g/mol. The molecule has 0 nitrogen and oxygen atoms in total. The Morgan fingerprint density at radius 2 is 1.71 bits per heavy atom. The molecule has 0 heteroatoms. The summed E-state index contributed by atoms with van der Waals surface area (Å²) in [6.45, 7) is 14.4. The van der Waals surface area contributed by atoms with Crippen molar-refractivity contribution >= 4 is 46.4 Å². The van der Waals surface area contributed by atoms with E-state index in [0.29, 0.717) is 5.92 Å². The van der Waals surface area contributed by atoms with E-state index in [4.69, 9.17) is 0 Å². The van der Waals surface area contributed by atoms with E-state index in [1.54, 1.807) is 0 Å². The lowest BCUT2D eigenvalue weighted by atomic mass is 9.90. The number of allylic oxidation sites excluding steroid dienone is 2. The highest BCUT2D eigenvalue weighted by atomic mass is 14.2. The van der Waals surface area contributed by atoms with E-state index < -0.39 is 0 Å². The van der Waals surface area contributed by atoms with Crippen LogP contribution in [0.25, 0.3) is 46.4 Å². The number of hydrogen-bond donors (Lipinski definition) is 0. The van der Waals surface area contributed by atoms with Crippen LogP contribution < -0.4 is 5.22 Å². The van der Waals surface area contributed by atoms with E-state index in [0.717, 1.165) is 10.8 Å². The third-order valence-corrected chi connectivity index (χ3v) is 4.59. The van der Waals surface area contributed by atoms with Crippen LogP contribution >= 0.6 is 0 Å². The van der Waals surface area contributed by atoms with E-state index in [1.165, 1.54) is 32.7 Å². The lowest BCUT2D eigenvalue weighted by Crippen LogP contribution is -2.02. The second-order valence-corrected chi connectivity index (χ2v) is 6.06. The predicted octanol–water partition coefficient (Wildman–Crippen LogP) is 6.47. The fourth-order valence-corrected chi connectivity index (χ4v) is 3.43. The van der Waals surface area contributed by atoms with E-state index in [1.807, 2.05) is 19.9 Å². The van der Waals surface area contributed by atoms with Crippen LogP contribution in [-0.2, 0) is 0 Å². The molecule has 3 aromatic carbocycles. The Morgan fingerprint density at radius 1 is 0.958 bits per heavy atom. The summed E-state index contributed by atoms with van der Waals surface area (Å²) >= 11 is 0. The highest BCUT2D eigenvalue weighted by Gasteiger charge is 2.13. The van der Waals surface area contributed by atoms with Crippen LogP contribution in [0.2, 0.25) is 0 Å². The smallest absolute Gasteiger partial charge is 0.00206 e. The maximum atomic E-state index is 4.22. The Labute approximate surface area is 144 Å². The van der Waals surface area contributed by atoms with Crippen molar-refractivity contribution in [3.8, 4) is 0 Å². The maximum absolute atomic E-state index is 4.22. The average Bonchev–Trinajstić information content (AvgIpc) is 2.81. The molecular formula is C24H24. The van der Waals surface area contributed by atoms with Crippen molar-refractivity contribution in [1.82, 2.24) is 0 Å². The Kier molecular flexibility index (Phi) is 4.40. The van der Waals surface area contributed by atoms with Crippen molar-refractivity contribution in [3.05, 3.63) is 71.0 Å². The molecule has 0 aliphatic heterocycles. The first-order valence-corrected chi connectivity index (χ1v) is 8.69. The molecule has 0 N–H and O–H groups in total. The highest BCUT2D eigenvalue weighted by molar-refractivity contribution is 6.16. The molecule has 1 atom stereocenters. The molecule has 1 aliphatic rings. The van der Waals surface area contributed by atoms with Crippen LogP contribution in [0.3, 0.4) is 0 Å².